The minimum Gasteiger partial charge on any atom is -0.342 e. The molecule has 0 aliphatic rings. The van der Waals surface area contributed by atoms with Gasteiger partial charge in [0.15, 0.2) is 9.84 Å². The number of rotatable bonds is 6. The maximum absolute atomic E-state index is 12.1. The highest BCUT2D eigenvalue weighted by Crippen LogP contribution is 2.20. The molecular weight excluding hydrogens is 300 g/mol. The van der Waals surface area contributed by atoms with E-state index in [1.165, 1.54) is 6.26 Å². The molecule has 0 saturated carbocycles. The van der Waals surface area contributed by atoms with Crippen LogP contribution in [0.4, 0.5) is 0 Å². The van der Waals surface area contributed by atoms with Gasteiger partial charge < -0.3 is 4.90 Å². The summed E-state index contributed by atoms with van der Waals surface area (Å²) in [6.45, 7) is 6.28. The molecule has 0 bridgehead atoms. The lowest BCUT2D eigenvalue weighted by atomic mass is 10.1. The second-order valence-corrected chi connectivity index (χ2v) is 8.05. The Labute approximate surface area is 133 Å². The van der Waals surface area contributed by atoms with Crippen LogP contribution < -0.4 is 0 Å². The van der Waals surface area contributed by atoms with Crippen LogP contribution in [0.15, 0.2) is 29.2 Å². The first kappa shape index (κ1) is 18.6. The van der Waals surface area contributed by atoms with E-state index >= 15 is 0 Å². The van der Waals surface area contributed by atoms with Gasteiger partial charge in [0.25, 0.3) is 0 Å². The van der Waals surface area contributed by atoms with Gasteiger partial charge in [0.2, 0.25) is 5.91 Å². The van der Waals surface area contributed by atoms with Gasteiger partial charge in [-0.1, -0.05) is 12.1 Å². The van der Waals surface area contributed by atoms with Gasteiger partial charge in [-0.25, -0.2) is 8.42 Å². The summed E-state index contributed by atoms with van der Waals surface area (Å²) < 4.78 is 22.9. The number of amides is 1. The molecule has 1 unspecified atom stereocenters. The van der Waals surface area contributed by atoms with E-state index in [4.69, 9.17) is 0 Å². The molecular formula is C16H26N2O3S. The monoisotopic (exact) mass is 326 g/mol. The zero-order valence-electron chi connectivity index (χ0n) is 14.2. The standard InChI is InChI=1S/C16H26N2O3S/c1-12(2)18(5)16(19)11-17(4)13(3)14-7-9-15(10-8-14)22(6,20)21/h7-10,12-13H,11H2,1-6H3. The van der Waals surface area contributed by atoms with E-state index in [1.807, 2.05) is 32.7 Å². The van der Waals surface area contributed by atoms with Crippen LogP contribution in [0.1, 0.15) is 32.4 Å². The van der Waals surface area contributed by atoms with Crippen molar-refractivity contribution in [1.82, 2.24) is 9.80 Å². The van der Waals surface area contributed by atoms with Crippen molar-refractivity contribution in [3.8, 4) is 0 Å². The van der Waals surface area contributed by atoms with E-state index < -0.39 is 9.84 Å². The number of hydrogen-bond acceptors (Lipinski definition) is 4. The van der Waals surface area contributed by atoms with Crippen molar-refractivity contribution in [2.45, 2.75) is 37.8 Å². The summed E-state index contributed by atoms with van der Waals surface area (Å²) in [5.74, 6) is 0.0668. The Morgan fingerprint density at radius 2 is 1.59 bits per heavy atom. The average Bonchev–Trinajstić information content (AvgIpc) is 2.44. The minimum absolute atomic E-state index is 0.0260. The highest BCUT2D eigenvalue weighted by molar-refractivity contribution is 7.90. The predicted octanol–water partition coefficient (Wildman–Crippen LogP) is 1.95. The highest BCUT2D eigenvalue weighted by atomic mass is 32.2. The lowest BCUT2D eigenvalue weighted by Gasteiger charge is -2.28. The van der Waals surface area contributed by atoms with Crippen molar-refractivity contribution in [2.24, 2.45) is 0 Å². The Balaban J connectivity index is 2.79. The van der Waals surface area contributed by atoms with Crippen LogP contribution in [-0.2, 0) is 14.6 Å². The molecule has 1 aromatic carbocycles. The van der Waals surface area contributed by atoms with Gasteiger partial charge in [-0.3, -0.25) is 9.69 Å². The molecule has 1 amide bonds. The zero-order valence-corrected chi connectivity index (χ0v) is 15.0. The molecule has 0 aliphatic carbocycles. The number of benzene rings is 1. The van der Waals surface area contributed by atoms with E-state index in [2.05, 4.69) is 0 Å². The third-order valence-electron chi connectivity index (χ3n) is 4.00. The molecule has 0 aromatic heterocycles. The summed E-state index contributed by atoms with van der Waals surface area (Å²) in [6, 6.07) is 7.01. The smallest absolute Gasteiger partial charge is 0.236 e. The molecule has 1 rings (SSSR count). The van der Waals surface area contributed by atoms with Crippen molar-refractivity contribution in [2.75, 3.05) is 26.9 Å². The summed E-state index contributed by atoms with van der Waals surface area (Å²) >= 11 is 0. The number of likely N-dealkylation sites (N-methyl/N-ethyl adjacent to an activating group) is 2. The van der Waals surface area contributed by atoms with Crippen molar-refractivity contribution < 1.29 is 13.2 Å². The van der Waals surface area contributed by atoms with Crippen molar-refractivity contribution >= 4 is 15.7 Å². The second-order valence-electron chi connectivity index (χ2n) is 6.03. The molecule has 0 radical (unpaired) electrons. The summed E-state index contributed by atoms with van der Waals surface area (Å²) in [4.78, 5) is 16.1. The summed E-state index contributed by atoms with van der Waals surface area (Å²) in [5.41, 5.74) is 0.981. The van der Waals surface area contributed by atoms with Crippen molar-refractivity contribution in [1.29, 1.82) is 0 Å². The molecule has 0 aliphatic heterocycles. The van der Waals surface area contributed by atoms with Crippen molar-refractivity contribution in [3.05, 3.63) is 29.8 Å². The fourth-order valence-electron chi connectivity index (χ4n) is 2.00. The van der Waals surface area contributed by atoms with Crippen LogP contribution in [-0.4, -0.2) is 57.1 Å². The van der Waals surface area contributed by atoms with Gasteiger partial charge in [0.05, 0.1) is 11.4 Å². The third-order valence-corrected chi connectivity index (χ3v) is 5.13. The van der Waals surface area contributed by atoms with Gasteiger partial charge >= 0.3 is 0 Å². The number of nitrogens with zero attached hydrogens (tertiary/aromatic N) is 2. The van der Waals surface area contributed by atoms with Crippen LogP contribution in [0.3, 0.4) is 0 Å². The largest absolute Gasteiger partial charge is 0.342 e. The molecule has 22 heavy (non-hydrogen) atoms. The molecule has 124 valence electrons. The van der Waals surface area contributed by atoms with Crippen LogP contribution in [0.25, 0.3) is 0 Å². The van der Waals surface area contributed by atoms with E-state index in [1.54, 1.807) is 36.2 Å². The van der Waals surface area contributed by atoms with Gasteiger partial charge in [0.1, 0.15) is 0 Å². The van der Waals surface area contributed by atoms with Crippen LogP contribution in [0.5, 0.6) is 0 Å². The fourth-order valence-corrected chi connectivity index (χ4v) is 2.63. The number of carbonyl (C=O) groups excluding carboxylic acids is 1. The lowest BCUT2D eigenvalue weighted by Crippen LogP contribution is -2.40. The average molecular weight is 326 g/mol. The Kier molecular flexibility index (Phi) is 6.14. The van der Waals surface area contributed by atoms with Gasteiger partial charge in [-0.2, -0.15) is 0 Å². The Bertz CT molecular complexity index is 609. The molecule has 1 aromatic rings. The topological polar surface area (TPSA) is 57.7 Å². The van der Waals surface area contributed by atoms with Crippen LogP contribution in [0, 0.1) is 0 Å². The van der Waals surface area contributed by atoms with E-state index in [-0.39, 0.29) is 18.0 Å². The minimum atomic E-state index is -3.18. The molecule has 0 N–H and O–H groups in total. The SMILES string of the molecule is CC(c1ccc(S(C)(=O)=O)cc1)N(C)CC(=O)N(C)C(C)C. The first-order valence-electron chi connectivity index (χ1n) is 7.30. The van der Waals surface area contributed by atoms with Crippen molar-refractivity contribution in [3.63, 3.8) is 0 Å². The molecule has 5 nitrogen and oxygen atoms in total. The van der Waals surface area contributed by atoms with Gasteiger partial charge in [-0.15, -0.1) is 0 Å². The van der Waals surface area contributed by atoms with E-state index in [0.717, 1.165) is 5.56 Å². The van der Waals surface area contributed by atoms with Crippen LogP contribution >= 0.6 is 0 Å². The molecule has 0 heterocycles. The Morgan fingerprint density at radius 1 is 1.09 bits per heavy atom. The maximum Gasteiger partial charge on any atom is 0.236 e. The summed E-state index contributed by atoms with van der Waals surface area (Å²) in [6.07, 6.45) is 1.19. The van der Waals surface area contributed by atoms with Crippen LogP contribution in [0.2, 0.25) is 0 Å². The van der Waals surface area contributed by atoms with E-state index in [0.29, 0.717) is 11.4 Å². The predicted molar refractivity (Wildman–Crippen MR) is 88.5 cm³/mol. The number of carbonyl (C=O) groups is 1. The van der Waals surface area contributed by atoms with Gasteiger partial charge in [-0.05, 0) is 45.5 Å². The maximum atomic E-state index is 12.1. The molecule has 0 spiro atoms. The number of sulfone groups is 1. The summed E-state index contributed by atoms with van der Waals surface area (Å²) in [7, 11) is 0.508. The molecule has 0 saturated heterocycles. The second kappa shape index (κ2) is 7.24. The lowest BCUT2D eigenvalue weighted by molar-refractivity contribution is -0.132. The Hall–Kier alpha value is -1.40. The first-order chi connectivity index (χ1) is 10.0. The Morgan fingerprint density at radius 3 is 2.00 bits per heavy atom. The van der Waals surface area contributed by atoms with Gasteiger partial charge in [0, 0.05) is 25.4 Å². The zero-order chi connectivity index (χ0) is 17.1. The first-order valence-corrected chi connectivity index (χ1v) is 9.19. The van der Waals surface area contributed by atoms with E-state index in [9.17, 15) is 13.2 Å². The highest BCUT2D eigenvalue weighted by Gasteiger charge is 2.19. The number of hydrogen-bond donors (Lipinski definition) is 0. The quantitative estimate of drug-likeness (QED) is 0.802. The fraction of sp³-hybridized carbons (Fsp3) is 0.562. The third kappa shape index (κ3) is 4.81. The normalized spacial score (nSPS) is 13.5. The molecule has 1 atom stereocenters. The molecule has 6 heteroatoms. The molecule has 0 fully saturated rings. The summed E-state index contributed by atoms with van der Waals surface area (Å²) in [5, 5.41) is 0.